The summed E-state index contributed by atoms with van der Waals surface area (Å²) in [6.45, 7) is 6.94. The molecule has 0 amide bonds. The molecule has 0 aliphatic heterocycles. The molecule has 0 aromatic heterocycles. The van der Waals surface area contributed by atoms with Gasteiger partial charge in [0.15, 0.2) is 0 Å². The molecule has 0 heterocycles. The van der Waals surface area contributed by atoms with E-state index in [0.717, 1.165) is 23.7 Å². The smallest absolute Gasteiger partial charge is 0.0122 e. The maximum absolute atomic E-state index is 2.43. The summed E-state index contributed by atoms with van der Waals surface area (Å²) in [7, 11) is 0. The van der Waals surface area contributed by atoms with Crippen molar-refractivity contribution in [3.8, 4) is 0 Å². The quantitative estimate of drug-likeness (QED) is 0.660. The molecule has 3 rings (SSSR count). The first-order chi connectivity index (χ1) is 8.68. The van der Waals surface area contributed by atoms with Crippen LogP contribution in [0.2, 0.25) is 0 Å². The van der Waals surface area contributed by atoms with Crippen molar-refractivity contribution in [2.75, 3.05) is 0 Å². The van der Waals surface area contributed by atoms with Gasteiger partial charge in [-0.2, -0.15) is 0 Å². The van der Waals surface area contributed by atoms with E-state index in [2.05, 4.69) is 63.3 Å². The molecule has 1 fully saturated rings. The van der Waals surface area contributed by atoms with Crippen LogP contribution in [-0.2, 0) is 0 Å². The van der Waals surface area contributed by atoms with Crippen LogP contribution in [-0.4, -0.2) is 0 Å². The summed E-state index contributed by atoms with van der Waals surface area (Å²) < 4.78 is 0. The standard InChI is InChI=1S/C18H22/c1-12-7-6-10-17(13(12)2)18-11-15-8-4-5-9-16(15)14(18)3/h4-10,14-16,18H,11H2,1-3H3. The molecule has 18 heavy (non-hydrogen) atoms. The third kappa shape index (κ3) is 1.75. The Hall–Kier alpha value is -1.30. The number of hydrogen-bond acceptors (Lipinski definition) is 0. The summed E-state index contributed by atoms with van der Waals surface area (Å²) in [5.74, 6) is 3.00. The van der Waals surface area contributed by atoms with E-state index in [1.165, 1.54) is 17.5 Å². The first kappa shape index (κ1) is 11.8. The van der Waals surface area contributed by atoms with E-state index >= 15 is 0 Å². The molecule has 0 saturated heterocycles. The summed E-state index contributed by atoms with van der Waals surface area (Å²) in [6.07, 6.45) is 10.6. The van der Waals surface area contributed by atoms with Gasteiger partial charge in [0.1, 0.15) is 0 Å². The third-order valence-corrected chi connectivity index (χ3v) is 5.11. The Morgan fingerprint density at radius 1 is 1.06 bits per heavy atom. The summed E-state index contributed by atoms with van der Waals surface area (Å²) in [5, 5.41) is 0. The molecule has 0 bridgehead atoms. The number of allylic oxidation sites excluding steroid dienone is 4. The minimum atomic E-state index is 0.729. The Morgan fingerprint density at radius 3 is 2.61 bits per heavy atom. The van der Waals surface area contributed by atoms with Crippen molar-refractivity contribution in [3.05, 3.63) is 59.2 Å². The molecule has 4 atom stereocenters. The number of rotatable bonds is 1. The topological polar surface area (TPSA) is 0 Å². The highest BCUT2D eigenvalue weighted by Gasteiger charge is 2.39. The highest BCUT2D eigenvalue weighted by molar-refractivity contribution is 5.38. The lowest BCUT2D eigenvalue weighted by Crippen LogP contribution is -2.12. The summed E-state index contributed by atoms with van der Waals surface area (Å²) in [5.41, 5.74) is 4.51. The van der Waals surface area contributed by atoms with Gasteiger partial charge in [0.2, 0.25) is 0 Å². The van der Waals surface area contributed by atoms with Gasteiger partial charge in [-0.25, -0.2) is 0 Å². The fourth-order valence-electron chi connectivity index (χ4n) is 3.83. The predicted molar refractivity (Wildman–Crippen MR) is 77.7 cm³/mol. The minimum Gasteiger partial charge on any atom is -0.0808 e. The van der Waals surface area contributed by atoms with Crippen LogP contribution in [0, 0.1) is 31.6 Å². The highest BCUT2D eigenvalue weighted by Crippen LogP contribution is 2.49. The second-order valence-electron chi connectivity index (χ2n) is 6.00. The molecule has 1 aromatic rings. The van der Waals surface area contributed by atoms with Gasteiger partial charge in [0.25, 0.3) is 0 Å². The first-order valence-electron chi connectivity index (χ1n) is 7.09. The molecule has 0 radical (unpaired) electrons. The maximum atomic E-state index is 2.43. The average Bonchev–Trinajstić information content (AvgIpc) is 2.71. The van der Waals surface area contributed by atoms with Crippen LogP contribution >= 0.6 is 0 Å². The van der Waals surface area contributed by atoms with Gasteiger partial charge in [0, 0.05) is 0 Å². The van der Waals surface area contributed by atoms with E-state index in [0.29, 0.717) is 0 Å². The van der Waals surface area contributed by atoms with Crippen LogP contribution in [0.25, 0.3) is 0 Å². The van der Waals surface area contributed by atoms with Gasteiger partial charge in [-0.15, -0.1) is 0 Å². The van der Waals surface area contributed by atoms with Crippen molar-refractivity contribution in [1.29, 1.82) is 0 Å². The van der Waals surface area contributed by atoms with Crippen LogP contribution in [0.15, 0.2) is 42.5 Å². The van der Waals surface area contributed by atoms with E-state index in [1.807, 2.05) is 0 Å². The van der Waals surface area contributed by atoms with Crippen LogP contribution in [0.3, 0.4) is 0 Å². The molecule has 4 unspecified atom stereocenters. The fraction of sp³-hybridized carbons (Fsp3) is 0.444. The van der Waals surface area contributed by atoms with Crippen molar-refractivity contribution in [2.45, 2.75) is 33.1 Å². The molecule has 0 N–H and O–H groups in total. The summed E-state index contributed by atoms with van der Waals surface area (Å²) in [6, 6.07) is 6.79. The minimum absolute atomic E-state index is 0.729. The maximum Gasteiger partial charge on any atom is -0.0122 e. The van der Waals surface area contributed by atoms with Crippen molar-refractivity contribution < 1.29 is 0 Å². The lowest BCUT2D eigenvalue weighted by atomic mass is 9.82. The lowest BCUT2D eigenvalue weighted by molar-refractivity contribution is 0.430. The van der Waals surface area contributed by atoms with E-state index in [1.54, 1.807) is 5.56 Å². The van der Waals surface area contributed by atoms with Gasteiger partial charge in [0.05, 0.1) is 0 Å². The van der Waals surface area contributed by atoms with Gasteiger partial charge < -0.3 is 0 Å². The van der Waals surface area contributed by atoms with E-state index in [4.69, 9.17) is 0 Å². The van der Waals surface area contributed by atoms with Gasteiger partial charge in [-0.1, -0.05) is 49.4 Å². The number of hydrogen-bond donors (Lipinski definition) is 0. The Morgan fingerprint density at radius 2 is 1.83 bits per heavy atom. The van der Waals surface area contributed by atoms with Gasteiger partial charge >= 0.3 is 0 Å². The van der Waals surface area contributed by atoms with E-state index in [9.17, 15) is 0 Å². The Balaban J connectivity index is 1.96. The Kier molecular flexibility index (Phi) is 2.89. The molecular weight excluding hydrogens is 216 g/mol. The summed E-state index contributed by atoms with van der Waals surface area (Å²) >= 11 is 0. The van der Waals surface area contributed by atoms with Crippen molar-refractivity contribution >= 4 is 0 Å². The Labute approximate surface area is 110 Å². The molecule has 2 aliphatic carbocycles. The highest BCUT2D eigenvalue weighted by atomic mass is 14.4. The molecule has 0 heteroatoms. The van der Waals surface area contributed by atoms with Crippen LogP contribution in [0.1, 0.15) is 36.0 Å². The second kappa shape index (κ2) is 4.42. The first-order valence-corrected chi connectivity index (χ1v) is 7.09. The summed E-state index contributed by atoms with van der Waals surface area (Å²) in [4.78, 5) is 0. The van der Waals surface area contributed by atoms with Crippen molar-refractivity contribution in [1.82, 2.24) is 0 Å². The molecule has 0 spiro atoms. The molecule has 94 valence electrons. The normalized spacial score (nSPS) is 33.7. The zero-order valence-corrected chi connectivity index (χ0v) is 11.6. The van der Waals surface area contributed by atoms with Crippen molar-refractivity contribution in [2.24, 2.45) is 17.8 Å². The molecular formula is C18H22. The van der Waals surface area contributed by atoms with E-state index < -0.39 is 0 Å². The Bertz CT molecular complexity index is 507. The molecule has 1 aromatic carbocycles. The zero-order chi connectivity index (χ0) is 12.7. The van der Waals surface area contributed by atoms with Crippen LogP contribution in [0.5, 0.6) is 0 Å². The SMILES string of the molecule is Cc1cccc(C2CC3C=CC=CC3C2C)c1C. The van der Waals surface area contributed by atoms with Crippen LogP contribution in [0.4, 0.5) is 0 Å². The number of benzene rings is 1. The second-order valence-corrected chi connectivity index (χ2v) is 6.00. The molecule has 1 saturated carbocycles. The van der Waals surface area contributed by atoms with Gasteiger partial charge in [-0.05, 0) is 60.6 Å². The third-order valence-electron chi connectivity index (χ3n) is 5.11. The predicted octanol–water partition coefficient (Wildman–Crippen LogP) is 4.79. The number of fused-ring (bicyclic) bond motifs is 1. The monoisotopic (exact) mass is 238 g/mol. The van der Waals surface area contributed by atoms with Crippen LogP contribution < -0.4 is 0 Å². The average molecular weight is 238 g/mol. The van der Waals surface area contributed by atoms with Crippen molar-refractivity contribution in [3.63, 3.8) is 0 Å². The molecule has 2 aliphatic rings. The van der Waals surface area contributed by atoms with Gasteiger partial charge in [-0.3, -0.25) is 0 Å². The number of aryl methyl sites for hydroxylation is 1. The largest absolute Gasteiger partial charge is 0.0808 e. The zero-order valence-electron chi connectivity index (χ0n) is 11.6. The van der Waals surface area contributed by atoms with E-state index in [-0.39, 0.29) is 0 Å². The fourth-order valence-corrected chi connectivity index (χ4v) is 3.83. The molecule has 0 nitrogen and oxygen atoms in total. The lowest BCUT2D eigenvalue weighted by Gasteiger charge is -2.22.